The molecule has 0 aliphatic carbocycles. The van der Waals surface area contributed by atoms with Gasteiger partial charge in [0.15, 0.2) is 17.5 Å². The topological polar surface area (TPSA) is 51.8 Å². The summed E-state index contributed by atoms with van der Waals surface area (Å²) in [4.78, 5) is 15.8. The van der Waals surface area contributed by atoms with Crippen LogP contribution in [0.25, 0.3) is 111 Å². The van der Waals surface area contributed by atoms with Crippen LogP contribution in [0.1, 0.15) is 0 Å². The molecule has 0 bridgehead atoms. The maximum Gasteiger partial charge on any atom is 0.164 e. The molecule has 0 fully saturated rings. The molecule has 0 spiro atoms. The Labute approximate surface area is 341 Å². The quantitative estimate of drug-likeness (QED) is 0.163. The van der Waals surface area contributed by atoms with Crippen LogP contribution in [0.15, 0.2) is 217 Å². The van der Waals surface area contributed by atoms with Crippen molar-refractivity contribution in [3.05, 3.63) is 212 Å². The number of hydrogen-bond acceptors (Lipinski definition) is 4. The summed E-state index contributed by atoms with van der Waals surface area (Å²) < 4.78 is 6.55. The van der Waals surface area contributed by atoms with E-state index in [0.717, 1.165) is 83.1 Å². The van der Waals surface area contributed by atoms with E-state index in [4.69, 9.17) is 19.4 Å². The van der Waals surface area contributed by atoms with Crippen LogP contribution in [-0.4, -0.2) is 15.0 Å². The molecule has 0 N–H and O–H groups in total. The van der Waals surface area contributed by atoms with Crippen molar-refractivity contribution in [3.63, 3.8) is 0 Å². The van der Waals surface area contributed by atoms with Crippen LogP contribution in [-0.2, 0) is 0 Å². The van der Waals surface area contributed by atoms with Gasteiger partial charge in [0, 0.05) is 27.5 Å². The van der Waals surface area contributed by atoms with Crippen LogP contribution < -0.4 is 0 Å². The highest BCUT2D eigenvalue weighted by Gasteiger charge is 2.19. The molecule has 276 valence electrons. The zero-order valence-corrected chi connectivity index (χ0v) is 32.0. The van der Waals surface area contributed by atoms with Gasteiger partial charge in [0.25, 0.3) is 0 Å². The average molecular weight is 754 g/mol. The van der Waals surface area contributed by atoms with E-state index < -0.39 is 0 Å². The highest BCUT2D eigenvalue weighted by atomic mass is 16.3. The first-order chi connectivity index (χ1) is 29.2. The Bertz CT molecular complexity index is 3240. The van der Waals surface area contributed by atoms with Crippen molar-refractivity contribution in [1.29, 1.82) is 0 Å². The Morgan fingerprint density at radius 1 is 0.271 bits per heavy atom. The fourth-order valence-corrected chi connectivity index (χ4v) is 8.12. The maximum atomic E-state index is 6.55. The molecule has 2 heterocycles. The molecule has 4 heteroatoms. The average Bonchev–Trinajstić information content (AvgIpc) is 3.70. The van der Waals surface area contributed by atoms with Crippen LogP contribution in [0.4, 0.5) is 0 Å². The summed E-state index contributed by atoms with van der Waals surface area (Å²) in [6.45, 7) is 0. The zero-order chi connectivity index (χ0) is 39.1. The van der Waals surface area contributed by atoms with Crippen LogP contribution in [0.5, 0.6) is 0 Å². The van der Waals surface area contributed by atoms with Gasteiger partial charge in [-0.25, -0.2) is 15.0 Å². The third-order valence-electron chi connectivity index (χ3n) is 11.1. The lowest BCUT2D eigenvalue weighted by atomic mass is 9.95. The van der Waals surface area contributed by atoms with E-state index in [1.54, 1.807) is 0 Å². The number of nitrogens with zero attached hydrogens (tertiary/aromatic N) is 3. The number of aromatic nitrogens is 3. The molecule has 11 aromatic rings. The summed E-state index contributed by atoms with van der Waals surface area (Å²) in [6, 6.07) is 74.1. The minimum absolute atomic E-state index is 0.564. The third-order valence-corrected chi connectivity index (χ3v) is 11.1. The lowest BCUT2D eigenvalue weighted by Crippen LogP contribution is -2.01. The molecule has 0 atom stereocenters. The smallest absolute Gasteiger partial charge is 0.164 e. The number of fused-ring (bicyclic) bond motifs is 4. The molecule has 9 aromatic carbocycles. The van der Waals surface area contributed by atoms with Gasteiger partial charge < -0.3 is 4.42 Å². The van der Waals surface area contributed by atoms with Gasteiger partial charge in [-0.05, 0) is 97.7 Å². The minimum Gasteiger partial charge on any atom is -0.456 e. The van der Waals surface area contributed by atoms with Crippen LogP contribution in [0.3, 0.4) is 0 Å². The van der Waals surface area contributed by atoms with E-state index in [2.05, 4.69) is 182 Å². The molecular weight excluding hydrogens is 719 g/mol. The second kappa shape index (κ2) is 14.5. The molecule has 0 saturated carbocycles. The van der Waals surface area contributed by atoms with Crippen molar-refractivity contribution < 1.29 is 4.42 Å². The molecule has 0 radical (unpaired) electrons. The van der Waals surface area contributed by atoms with E-state index in [-0.39, 0.29) is 0 Å². The Morgan fingerprint density at radius 2 is 0.746 bits per heavy atom. The highest BCUT2D eigenvalue weighted by Crippen LogP contribution is 2.40. The first-order valence-electron chi connectivity index (χ1n) is 19.8. The number of benzene rings is 9. The Balaban J connectivity index is 1.12. The first kappa shape index (κ1) is 34.3. The van der Waals surface area contributed by atoms with Crippen molar-refractivity contribution in [2.45, 2.75) is 0 Å². The summed E-state index contributed by atoms with van der Waals surface area (Å²) >= 11 is 0. The van der Waals surface area contributed by atoms with Crippen molar-refractivity contribution >= 4 is 32.7 Å². The summed E-state index contributed by atoms with van der Waals surface area (Å²) in [5.41, 5.74) is 13.1. The monoisotopic (exact) mass is 753 g/mol. The zero-order valence-electron chi connectivity index (χ0n) is 32.0. The van der Waals surface area contributed by atoms with Crippen LogP contribution in [0.2, 0.25) is 0 Å². The number of hydrogen-bond donors (Lipinski definition) is 0. The normalized spacial score (nSPS) is 11.4. The second-order valence-corrected chi connectivity index (χ2v) is 14.8. The fraction of sp³-hybridized carbons (Fsp3) is 0. The molecule has 0 aliphatic heterocycles. The minimum atomic E-state index is 0.564. The second-order valence-electron chi connectivity index (χ2n) is 14.8. The third kappa shape index (κ3) is 6.53. The van der Waals surface area contributed by atoms with Crippen LogP contribution >= 0.6 is 0 Å². The summed E-state index contributed by atoms with van der Waals surface area (Å²) in [6.07, 6.45) is 0. The number of para-hydroxylation sites is 1. The van der Waals surface area contributed by atoms with E-state index >= 15 is 0 Å². The van der Waals surface area contributed by atoms with E-state index in [1.807, 2.05) is 30.3 Å². The van der Waals surface area contributed by atoms with Crippen molar-refractivity contribution in [2.24, 2.45) is 0 Å². The SMILES string of the molecule is c1ccc(-c2cc(-c3ccccc3)cc(-c3nc(-c4ccc(-c5ccc6ccccc6c5)cc4)nc(-c4cc(-c5ccccc5)c5c(c4)oc4ccccc45)n3)c2)cc1. The van der Waals surface area contributed by atoms with Gasteiger partial charge in [0.1, 0.15) is 11.2 Å². The first-order valence-corrected chi connectivity index (χ1v) is 19.8. The highest BCUT2D eigenvalue weighted by molar-refractivity contribution is 6.13. The molecule has 0 unspecified atom stereocenters. The molecular formula is C55H35N3O. The van der Waals surface area contributed by atoms with Gasteiger partial charge in [0.2, 0.25) is 0 Å². The summed E-state index contributed by atoms with van der Waals surface area (Å²) in [5, 5.41) is 4.57. The Kier molecular flexibility index (Phi) is 8.45. The maximum absolute atomic E-state index is 6.55. The summed E-state index contributed by atoms with van der Waals surface area (Å²) in [7, 11) is 0. The molecule has 59 heavy (non-hydrogen) atoms. The van der Waals surface area contributed by atoms with Crippen molar-refractivity contribution in [3.8, 4) is 78.7 Å². The molecule has 0 amide bonds. The van der Waals surface area contributed by atoms with Crippen molar-refractivity contribution in [2.75, 3.05) is 0 Å². The van der Waals surface area contributed by atoms with Gasteiger partial charge in [-0.15, -0.1) is 0 Å². The fourth-order valence-electron chi connectivity index (χ4n) is 8.12. The van der Waals surface area contributed by atoms with E-state index in [1.165, 1.54) is 10.8 Å². The van der Waals surface area contributed by atoms with E-state index in [0.29, 0.717) is 17.5 Å². The lowest BCUT2D eigenvalue weighted by molar-refractivity contribution is 0.669. The van der Waals surface area contributed by atoms with Gasteiger partial charge in [-0.3, -0.25) is 0 Å². The van der Waals surface area contributed by atoms with Gasteiger partial charge in [-0.1, -0.05) is 170 Å². The number of rotatable bonds is 7. The number of furan rings is 1. The largest absolute Gasteiger partial charge is 0.456 e. The standard InChI is InChI=1S/C55H35N3O/c1-4-14-36(15-5-1)44-31-45(37-16-6-2-7-17-37)33-46(32-44)54-56-53(41-27-24-39(25-28-41)43-29-26-38-18-10-11-21-42(38)30-43)57-55(58-54)47-34-49(40-19-8-3-9-20-40)52-48-22-12-13-23-50(48)59-51(52)35-47/h1-35H. The van der Waals surface area contributed by atoms with Crippen molar-refractivity contribution in [1.82, 2.24) is 15.0 Å². The lowest BCUT2D eigenvalue weighted by Gasteiger charge is -2.13. The molecule has 11 rings (SSSR count). The molecule has 0 saturated heterocycles. The predicted octanol–water partition coefficient (Wildman–Crippen LogP) is 14.6. The van der Waals surface area contributed by atoms with Crippen LogP contribution in [0, 0.1) is 0 Å². The molecule has 4 nitrogen and oxygen atoms in total. The molecule has 0 aliphatic rings. The predicted molar refractivity (Wildman–Crippen MR) is 243 cm³/mol. The van der Waals surface area contributed by atoms with Gasteiger partial charge in [-0.2, -0.15) is 0 Å². The van der Waals surface area contributed by atoms with E-state index in [9.17, 15) is 0 Å². The Morgan fingerprint density at radius 3 is 1.41 bits per heavy atom. The Hall–Kier alpha value is -7.95. The van der Waals surface area contributed by atoms with Gasteiger partial charge in [0.05, 0.1) is 0 Å². The molecule has 2 aromatic heterocycles. The summed E-state index contributed by atoms with van der Waals surface area (Å²) in [5.74, 6) is 1.74. The van der Waals surface area contributed by atoms with Gasteiger partial charge >= 0.3 is 0 Å².